The second-order valence-corrected chi connectivity index (χ2v) is 7.70. The molecule has 8 heteroatoms. The summed E-state index contributed by atoms with van der Waals surface area (Å²) in [7, 11) is 0. The van der Waals surface area contributed by atoms with Crippen LogP contribution in [0.25, 0.3) is 5.69 Å². The van der Waals surface area contributed by atoms with Gasteiger partial charge in [0, 0.05) is 18.2 Å². The smallest absolute Gasteiger partial charge is 0.251 e. The minimum absolute atomic E-state index is 0.147. The number of benzene rings is 2. The predicted octanol–water partition coefficient (Wildman–Crippen LogP) is 3.56. The van der Waals surface area contributed by atoms with E-state index in [1.54, 1.807) is 31.2 Å². The van der Waals surface area contributed by atoms with Crippen molar-refractivity contribution in [2.45, 2.75) is 39.3 Å². The van der Waals surface area contributed by atoms with Crippen LogP contribution >= 0.6 is 0 Å². The molecular weight excluding hydrogens is 406 g/mol. The molecule has 1 N–H and O–H groups in total. The molecule has 0 saturated carbocycles. The topological polar surface area (TPSA) is 95.1 Å². The monoisotopic (exact) mass is 429 g/mol. The van der Waals surface area contributed by atoms with Gasteiger partial charge in [0.25, 0.3) is 5.91 Å². The molecule has 5 rings (SSSR count). The van der Waals surface area contributed by atoms with E-state index in [1.807, 2.05) is 22.9 Å². The van der Waals surface area contributed by atoms with Crippen LogP contribution in [0.3, 0.4) is 0 Å². The van der Waals surface area contributed by atoms with Crippen molar-refractivity contribution in [3.05, 3.63) is 88.8 Å². The van der Waals surface area contributed by atoms with Gasteiger partial charge in [0.1, 0.15) is 5.75 Å². The van der Waals surface area contributed by atoms with Crippen LogP contribution in [0, 0.1) is 6.92 Å². The highest BCUT2D eigenvalue weighted by Crippen LogP contribution is 2.27. The standard InChI is InChI=1S/C24H23N5O3/c1-16-26-23(28-32-16)15-31-19-12-10-17(11-13-19)24(30)25-14-21-20-8-5-9-22(20)29(27-21)18-6-3-2-4-7-18/h2-4,6-7,10-13H,5,8-9,14-15H2,1H3,(H,25,30). The lowest BCUT2D eigenvalue weighted by Crippen LogP contribution is -2.23. The second-order valence-electron chi connectivity index (χ2n) is 7.70. The average molecular weight is 429 g/mol. The van der Waals surface area contributed by atoms with E-state index < -0.39 is 0 Å². The lowest BCUT2D eigenvalue weighted by atomic mass is 10.2. The molecular formula is C24H23N5O3. The van der Waals surface area contributed by atoms with Crippen molar-refractivity contribution in [1.29, 1.82) is 0 Å². The Morgan fingerprint density at radius 3 is 2.69 bits per heavy atom. The van der Waals surface area contributed by atoms with E-state index in [1.165, 1.54) is 11.3 Å². The van der Waals surface area contributed by atoms with Gasteiger partial charge in [-0.15, -0.1) is 0 Å². The van der Waals surface area contributed by atoms with Gasteiger partial charge in [-0.05, 0) is 61.2 Å². The molecule has 162 valence electrons. The largest absolute Gasteiger partial charge is 0.485 e. The molecule has 8 nitrogen and oxygen atoms in total. The molecule has 1 aliphatic rings. The summed E-state index contributed by atoms with van der Waals surface area (Å²) < 4.78 is 12.6. The summed E-state index contributed by atoms with van der Waals surface area (Å²) in [5.74, 6) is 1.46. The van der Waals surface area contributed by atoms with Crippen LogP contribution in [0.2, 0.25) is 0 Å². The summed E-state index contributed by atoms with van der Waals surface area (Å²) in [6.07, 6.45) is 3.13. The Hall–Kier alpha value is -3.94. The van der Waals surface area contributed by atoms with E-state index in [9.17, 15) is 4.79 Å². The Labute approximate surface area is 185 Å². The SMILES string of the molecule is Cc1nc(COc2ccc(C(=O)NCc3nn(-c4ccccc4)c4c3CCC4)cc2)no1. The van der Waals surface area contributed by atoms with E-state index in [4.69, 9.17) is 14.4 Å². The molecule has 0 saturated heterocycles. The number of amides is 1. The third-order valence-electron chi connectivity index (χ3n) is 5.48. The van der Waals surface area contributed by atoms with E-state index in [-0.39, 0.29) is 12.5 Å². The Morgan fingerprint density at radius 1 is 1.12 bits per heavy atom. The Morgan fingerprint density at radius 2 is 1.94 bits per heavy atom. The summed E-state index contributed by atoms with van der Waals surface area (Å²) in [5.41, 5.74) is 5.06. The van der Waals surface area contributed by atoms with E-state index >= 15 is 0 Å². The number of fused-ring (bicyclic) bond motifs is 1. The van der Waals surface area contributed by atoms with Crippen molar-refractivity contribution < 1.29 is 14.1 Å². The van der Waals surface area contributed by atoms with Gasteiger partial charge < -0.3 is 14.6 Å². The minimum atomic E-state index is -0.147. The molecule has 0 atom stereocenters. The number of nitrogens with one attached hydrogen (secondary N) is 1. The van der Waals surface area contributed by atoms with Gasteiger partial charge in [0.15, 0.2) is 6.61 Å². The molecule has 2 heterocycles. The summed E-state index contributed by atoms with van der Waals surface area (Å²) in [5, 5.41) is 11.6. The number of nitrogens with zero attached hydrogens (tertiary/aromatic N) is 4. The number of aryl methyl sites for hydroxylation is 1. The van der Waals surface area contributed by atoms with E-state index in [0.717, 1.165) is 30.6 Å². The maximum Gasteiger partial charge on any atom is 0.251 e. The van der Waals surface area contributed by atoms with Crippen LogP contribution in [-0.2, 0) is 26.0 Å². The normalized spacial score (nSPS) is 12.5. The van der Waals surface area contributed by atoms with Crippen molar-refractivity contribution in [2.75, 3.05) is 0 Å². The molecule has 0 radical (unpaired) electrons. The van der Waals surface area contributed by atoms with Crippen LogP contribution in [0.5, 0.6) is 5.75 Å². The fourth-order valence-corrected chi connectivity index (χ4v) is 3.96. The van der Waals surface area contributed by atoms with Gasteiger partial charge >= 0.3 is 0 Å². The Kier molecular flexibility index (Phi) is 5.41. The third-order valence-corrected chi connectivity index (χ3v) is 5.48. The first-order chi connectivity index (χ1) is 15.7. The average Bonchev–Trinajstić information content (AvgIpc) is 3.54. The van der Waals surface area contributed by atoms with Crippen molar-refractivity contribution in [3.8, 4) is 11.4 Å². The second kappa shape index (κ2) is 8.66. The molecule has 0 fully saturated rings. The highest BCUT2D eigenvalue weighted by molar-refractivity contribution is 5.94. The zero-order chi connectivity index (χ0) is 21.9. The number of hydrogen-bond acceptors (Lipinski definition) is 6. The minimum Gasteiger partial charge on any atom is -0.485 e. The van der Waals surface area contributed by atoms with E-state index in [0.29, 0.717) is 29.6 Å². The first kappa shape index (κ1) is 20.0. The molecule has 2 aromatic heterocycles. The zero-order valence-corrected chi connectivity index (χ0v) is 17.7. The molecule has 0 bridgehead atoms. The van der Waals surface area contributed by atoms with Crippen molar-refractivity contribution in [2.24, 2.45) is 0 Å². The highest BCUT2D eigenvalue weighted by Gasteiger charge is 2.23. The predicted molar refractivity (Wildman–Crippen MR) is 117 cm³/mol. The quantitative estimate of drug-likeness (QED) is 0.483. The van der Waals surface area contributed by atoms with Gasteiger partial charge in [-0.2, -0.15) is 10.1 Å². The fourth-order valence-electron chi connectivity index (χ4n) is 3.96. The summed E-state index contributed by atoms with van der Waals surface area (Å²) in [4.78, 5) is 16.8. The van der Waals surface area contributed by atoms with Crippen LogP contribution < -0.4 is 10.1 Å². The molecule has 0 aliphatic heterocycles. The molecule has 0 unspecified atom stereocenters. The molecule has 1 amide bonds. The van der Waals surface area contributed by atoms with Crippen LogP contribution in [0.1, 0.15) is 45.4 Å². The highest BCUT2D eigenvalue weighted by atomic mass is 16.5. The van der Waals surface area contributed by atoms with Crippen molar-refractivity contribution >= 4 is 5.91 Å². The van der Waals surface area contributed by atoms with Crippen LogP contribution in [0.4, 0.5) is 0 Å². The maximum absolute atomic E-state index is 12.7. The summed E-state index contributed by atoms with van der Waals surface area (Å²) in [6, 6.07) is 17.1. The van der Waals surface area contributed by atoms with Gasteiger partial charge in [0.2, 0.25) is 11.7 Å². The van der Waals surface area contributed by atoms with Gasteiger partial charge in [-0.25, -0.2) is 4.68 Å². The number of carbonyl (C=O) groups is 1. The van der Waals surface area contributed by atoms with Crippen LogP contribution in [-0.4, -0.2) is 25.8 Å². The van der Waals surface area contributed by atoms with E-state index in [2.05, 4.69) is 27.6 Å². The third kappa shape index (κ3) is 4.12. The molecule has 4 aromatic rings. The molecule has 32 heavy (non-hydrogen) atoms. The fraction of sp³-hybridized carbons (Fsp3) is 0.250. The number of aromatic nitrogens is 4. The van der Waals surface area contributed by atoms with Crippen molar-refractivity contribution in [3.63, 3.8) is 0 Å². The Bertz CT molecular complexity index is 1230. The first-order valence-electron chi connectivity index (χ1n) is 10.6. The Balaban J connectivity index is 1.22. The first-order valence-corrected chi connectivity index (χ1v) is 10.6. The maximum atomic E-state index is 12.7. The molecule has 2 aromatic carbocycles. The van der Waals surface area contributed by atoms with Gasteiger partial charge in [-0.1, -0.05) is 23.4 Å². The molecule has 1 aliphatic carbocycles. The van der Waals surface area contributed by atoms with Gasteiger partial charge in [0.05, 0.1) is 17.9 Å². The van der Waals surface area contributed by atoms with Gasteiger partial charge in [-0.3, -0.25) is 4.79 Å². The zero-order valence-electron chi connectivity index (χ0n) is 17.7. The summed E-state index contributed by atoms with van der Waals surface area (Å²) >= 11 is 0. The van der Waals surface area contributed by atoms with Crippen molar-refractivity contribution in [1.82, 2.24) is 25.2 Å². The number of rotatable bonds is 7. The summed E-state index contributed by atoms with van der Waals surface area (Å²) in [6.45, 7) is 2.33. The number of hydrogen-bond donors (Lipinski definition) is 1. The number of carbonyl (C=O) groups excluding carboxylic acids is 1. The number of ether oxygens (including phenoxy) is 1. The molecule has 0 spiro atoms. The van der Waals surface area contributed by atoms with Crippen LogP contribution in [0.15, 0.2) is 59.1 Å². The number of para-hydroxylation sites is 1. The lowest BCUT2D eigenvalue weighted by molar-refractivity contribution is 0.0950. The lowest BCUT2D eigenvalue weighted by Gasteiger charge is -2.07.